The number of benzene rings is 3. The molecule has 0 heterocycles. The minimum atomic E-state index is 0.493. The summed E-state index contributed by atoms with van der Waals surface area (Å²) < 4.78 is 11.7. The van der Waals surface area contributed by atoms with Crippen molar-refractivity contribution in [1.29, 1.82) is 0 Å². The second kappa shape index (κ2) is 10.5. The molecule has 3 aromatic carbocycles. The number of hydrazone groups is 1. The molecule has 0 fully saturated rings. The molecule has 150 valence electrons. The highest BCUT2D eigenvalue weighted by Gasteiger charge is 2.06. The van der Waals surface area contributed by atoms with Crippen LogP contribution in [-0.4, -0.2) is 12.8 Å². The Hall–Kier alpha value is -2.98. The lowest BCUT2D eigenvalue weighted by molar-refractivity contribution is 0.269. The molecule has 0 saturated heterocycles. The highest BCUT2D eigenvalue weighted by atomic mass is 35.5. The van der Waals surface area contributed by atoms with E-state index in [0.29, 0.717) is 31.3 Å². The van der Waals surface area contributed by atoms with Crippen LogP contribution in [0.2, 0.25) is 5.02 Å². The van der Waals surface area contributed by atoms with Crippen molar-refractivity contribution in [2.45, 2.75) is 27.0 Å². The first-order chi connectivity index (χ1) is 14.2. The van der Waals surface area contributed by atoms with E-state index in [4.69, 9.17) is 21.1 Å². The van der Waals surface area contributed by atoms with Crippen molar-refractivity contribution in [3.8, 4) is 11.5 Å². The van der Waals surface area contributed by atoms with Gasteiger partial charge in [-0.05, 0) is 54.8 Å². The van der Waals surface area contributed by atoms with Crippen molar-refractivity contribution in [2.24, 2.45) is 5.10 Å². The summed E-state index contributed by atoms with van der Waals surface area (Å²) in [6.45, 7) is 5.64. The van der Waals surface area contributed by atoms with Crippen molar-refractivity contribution in [2.75, 3.05) is 6.61 Å². The van der Waals surface area contributed by atoms with Crippen molar-refractivity contribution in [1.82, 2.24) is 5.43 Å². The van der Waals surface area contributed by atoms with Crippen molar-refractivity contribution < 1.29 is 9.47 Å². The number of hydrogen-bond donors (Lipinski definition) is 1. The second-order valence-corrected chi connectivity index (χ2v) is 7.01. The zero-order valence-electron chi connectivity index (χ0n) is 16.7. The highest BCUT2D eigenvalue weighted by molar-refractivity contribution is 6.31. The van der Waals surface area contributed by atoms with E-state index in [1.54, 1.807) is 6.21 Å². The third-order valence-corrected chi connectivity index (χ3v) is 4.68. The maximum atomic E-state index is 6.15. The van der Waals surface area contributed by atoms with Gasteiger partial charge < -0.3 is 14.9 Å². The monoisotopic (exact) mass is 408 g/mol. The first kappa shape index (κ1) is 20.7. The molecule has 0 atom stereocenters. The van der Waals surface area contributed by atoms with Gasteiger partial charge in [-0.15, -0.1) is 0 Å². The van der Waals surface area contributed by atoms with Gasteiger partial charge in [0.2, 0.25) is 0 Å². The van der Waals surface area contributed by atoms with E-state index in [0.717, 1.165) is 21.7 Å². The fourth-order valence-corrected chi connectivity index (χ4v) is 2.93. The van der Waals surface area contributed by atoms with Gasteiger partial charge in [-0.1, -0.05) is 59.6 Å². The first-order valence-electron chi connectivity index (χ1n) is 9.60. The molecule has 29 heavy (non-hydrogen) atoms. The van der Waals surface area contributed by atoms with Gasteiger partial charge in [-0.3, -0.25) is 0 Å². The lowest BCUT2D eigenvalue weighted by Crippen LogP contribution is -2.06. The predicted octanol–water partition coefficient (Wildman–Crippen LogP) is 5.75. The molecular formula is C24H25ClN2O2. The van der Waals surface area contributed by atoms with Gasteiger partial charge in [-0.2, -0.15) is 5.10 Å². The van der Waals surface area contributed by atoms with E-state index in [9.17, 15) is 0 Å². The minimum absolute atomic E-state index is 0.493. The summed E-state index contributed by atoms with van der Waals surface area (Å²) in [5.41, 5.74) is 7.29. The van der Waals surface area contributed by atoms with Crippen LogP contribution in [0, 0.1) is 6.92 Å². The summed E-state index contributed by atoms with van der Waals surface area (Å²) in [4.78, 5) is 0. The molecule has 0 aliphatic rings. The van der Waals surface area contributed by atoms with Crippen LogP contribution in [-0.2, 0) is 13.2 Å². The average molecular weight is 409 g/mol. The Labute approximate surface area is 177 Å². The molecule has 0 aliphatic carbocycles. The number of nitrogens with zero attached hydrogens (tertiary/aromatic N) is 1. The van der Waals surface area contributed by atoms with Crippen molar-refractivity contribution in [3.63, 3.8) is 0 Å². The van der Waals surface area contributed by atoms with Crippen LogP contribution < -0.4 is 14.9 Å². The highest BCUT2D eigenvalue weighted by Crippen LogP contribution is 2.29. The molecule has 0 saturated carbocycles. The second-order valence-electron chi connectivity index (χ2n) is 6.60. The summed E-state index contributed by atoms with van der Waals surface area (Å²) in [5.74, 6) is 1.42. The molecule has 3 rings (SSSR count). The Bertz CT molecular complexity index is 955. The summed E-state index contributed by atoms with van der Waals surface area (Å²) in [6, 6.07) is 21.8. The van der Waals surface area contributed by atoms with Crippen LogP contribution in [0.4, 0.5) is 0 Å². The number of ether oxygens (including phenoxy) is 2. The molecule has 0 aliphatic heterocycles. The van der Waals surface area contributed by atoms with Gasteiger partial charge in [0.15, 0.2) is 11.5 Å². The molecule has 3 aromatic rings. The summed E-state index contributed by atoms with van der Waals surface area (Å²) in [7, 11) is 0. The fraction of sp³-hybridized carbons (Fsp3) is 0.208. The lowest BCUT2D eigenvalue weighted by Gasteiger charge is -2.13. The van der Waals surface area contributed by atoms with Crippen molar-refractivity contribution >= 4 is 17.8 Å². The van der Waals surface area contributed by atoms with Gasteiger partial charge in [-0.25, -0.2) is 0 Å². The van der Waals surface area contributed by atoms with Gasteiger partial charge in [0, 0.05) is 5.02 Å². The van der Waals surface area contributed by atoms with Gasteiger partial charge in [0.25, 0.3) is 0 Å². The van der Waals surface area contributed by atoms with Gasteiger partial charge >= 0.3 is 0 Å². The zero-order valence-corrected chi connectivity index (χ0v) is 17.4. The third kappa shape index (κ3) is 6.26. The Morgan fingerprint density at radius 2 is 1.76 bits per heavy atom. The summed E-state index contributed by atoms with van der Waals surface area (Å²) in [6.07, 6.45) is 1.75. The Kier molecular flexibility index (Phi) is 7.54. The predicted molar refractivity (Wildman–Crippen MR) is 119 cm³/mol. The Morgan fingerprint density at radius 1 is 0.966 bits per heavy atom. The van der Waals surface area contributed by atoms with E-state index in [-0.39, 0.29) is 0 Å². The fourth-order valence-electron chi connectivity index (χ4n) is 2.73. The summed E-state index contributed by atoms with van der Waals surface area (Å²) in [5, 5.41) is 5.01. The molecule has 0 aromatic heterocycles. The maximum Gasteiger partial charge on any atom is 0.161 e. The molecule has 4 nitrogen and oxygen atoms in total. The zero-order chi connectivity index (χ0) is 20.5. The molecule has 5 heteroatoms. The Morgan fingerprint density at radius 3 is 2.52 bits per heavy atom. The van der Waals surface area contributed by atoms with Crippen LogP contribution in [0.5, 0.6) is 11.5 Å². The smallest absolute Gasteiger partial charge is 0.161 e. The van der Waals surface area contributed by atoms with Crippen LogP contribution >= 0.6 is 11.6 Å². The quantitative estimate of drug-likeness (QED) is 0.362. The van der Waals surface area contributed by atoms with Crippen molar-refractivity contribution in [3.05, 3.63) is 94.0 Å². The molecule has 1 N–H and O–H groups in total. The lowest BCUT2D eigenvalue weighted by atomic mass is 10.2. The SMILES string of the molecule is CCOc1cc(/C=N\NCc2ccccc2Cl)ccc1OCc1ccc(C)cc1. The van der Waals surface area contributed by atoms with Crippen LogP contribution in [0.25, 0.3) is 0 Å². The van der Waals surface area contributed by atoms with Crippen LogP contribution in [0.3, 0.4) is 0 Å². The minimum Gasteiger partial charge on any atom is -0.490 e. The topological polar surface area (TPSA) is 42.8 Å². The van der Waals surface area contributed by atoms with E-state index < -0.39 is 0 Å². The average Bonchev–Trinajstić information content (AvgIpc) is 2.73. The number of nitrogens with one attached hydrogen (secondary N) is 1. The van der Waals surface area contributed by atoms with E-state index >= 15 is 0 Å². The number of rotatable bonds is 9. The van der Waals surface area contributed by atoms with Gasteiger partial charge in [0.05, 0.1) is 19.4 Å². The number of halogens is 1. The largest absolute Gasteiger partial charge is 0.490 e. The Balaban J connectivity index is 1.62. The number of aryl methyl sites for hydroxylation is 1. The standard InChI is InChI=1S/C24H25ClN2O2/c1-3-28-24-14-20(15-26-27-16-21-6-4-5-7-22(21)25)12-13-23(24)29-17-19-10-8-18(2)9-11-19/h4-15,27H,3,16-17H2,1-2H3/b26-15-. The van der Waals surface area contributed by atoms with E-state index in [2.05, 4.69) is 41.7 Å². The first-order valence-corrected chi connectivity index (χ1v) is 9.98. The number of hydrogen-bond acceptors (Lipinski definition) is 4. The molecule has 0 bridgehead atoms. The van der Waals surface area contributed by atoms with Crippen LogP contribution in [0.15, 0.2) is 71.8 Å². The molecule has 0 unspecified atom stereocenters. The molecule has 0 radical (unpaired) electrons. The molecule has 0 spiro atoms. The van der Waals surface area contributed by atoms with Gasteiger partial charge in [0.1, 0.15) is 6.61 Å². The van der Waals surface area contributed by atoms with E-state index in [1.165, 1.54) is 5.56 Å². The van der Waals surface area contributed by atoms with E-state index in [1.807, 2.05) is 49.4 Å². The molecular weight excluding hydrogens is 384 g/mol. The molecule has 0 amide bonds. The summed E-state index contributed by atoms with van der Waals surface area (Å²) >= 11 is 6.15. The maximum absolute atomic E-state index is 6.15. The third-order valence-electron chi connectivity index (χ3n) is 4.31. The normalized spacial score (nSPS) is 10.9. The van der Waals surface area contributed by atoms with Crippen LogP contribution in [0.1, 0.15) is 29.2 Å².